The van der Waals surface area contributed by atoms with Crippen molar-refractivity contribution >= 4 is 12.4 Å². The molecule has 0 aromatic heterocycles. The third kappa shape index (κ3) is 5.87. The van der Waals surface area contributed by atoms with E-state index in [2.05, 4.69) is 49.5 Å². The van der Waals surface area contributed by atoms with Crippen molar-refractivity contribution in [3.05, 3.63) is 65.2 Å². The van der Waals surface area contributed by atoms with Crippen molar-refractivity contribution in [1.29, 1.82) is 0 Å². The minimum atomic E-state index is 0. The van der Waals surface area contributed by atoms with Crippen molar-refractivity contribution in [1.82, 2.24) is 5.32 Å². The summed E-state index contributed by atoms with van der Waals surface area (Å²) in [6.07, 6.45) is 0. The van der Waals surface area contributed by atoms with Crippen LogP contribution in [0.1, 0.15) is 22.7 Å². The number of halogens is 1. The first-order valence-electron chi connectivity index (χ1n) is 7.68. The van der Waals surface area contributed by atoms with Gasteiger partial charge in [0, 0.05) is 13.7 Å². The van der Waals surface area contributed by atoms with E-state index in [0.29, 0.717) is 13.2 Å². The van der Waals surface area contributed by atoms with E-state index < -0.39 is 0 Å². The Labute approximate surface area is 145 Å². The molecule has 2 aromatic carbocycles. The molecule has 0 aliphatic heterocycles. The summed E-state index contributed by atoms with van der Waals surface area (Å²) < 4.78 is 11.2. The van der Waals surface area contributed by atoms with Crippen LogP contribution in [0.2, 0.25) is 0 Å². The van der Waals surface area contributed by atoms with Gasteiger partial charge in [-0.25, -0.2) is 0 Å². The molecule has 0 saturated carbocycles. The summed E-state index contributed by atoms with van der Waals surface area (Å²) in [6.45, 7) is 6.28. The van der Waals surface area contributed by atoms with Crippen molar-refractivity contribution in [2.24, 2.45) is 0 Å². The first-order chi connectivity index (χ1) is 10.7. The fourth-order valence-corrected chi connectivity index (χ4v) is 2.35. The van der Waals surface area contributed by atoms with E-state index in [4.69, 9.17) is 9.47 Å². The summed E-state index contributed by atoms with van der Waals surface area (Å²) in [6, 6.07) is 16.7. The minimum Gasteiger partial charge on any atom is -0.491 e. The van der Waals surface area contributed by atoms with Gasteiger partial charge < -0.3 is 14.8 Å². The Morgan fingerprint density at radius 1 is 1.00 bits per heavy atom. The lowest BCUT2D eigenvalue weighted by Gasteiger charge is -2.21. The van der Waals surface area contributed by atoms with Gasteiger partial charge in [0.25, 0.3) is 0 Å². The lowest BCUT2D eigenvalue weighted by atomic mass is 10.1. The zero-order valence-corrected chi connectivity index (χ0v) is 14.9. The Bertz CT molecular complexity index is 575. The highest BCUT2D eigenvalue weighted by Gasteiger charge is 2.12. The zero-order valence-electron chi connectivity index (χ0n) is 14.0. The number of ether oxygens (including phenoxy) is 2. The molecule has 0 fully saturated rings. The Morgan fingerprint density at radius 3 is 2.43 bits per heavy atom. The van der Waals surface area contributed by atoms with E-state index in [1.165, 1.54) is 16.7 Å². The number of benzene rings is 2. The van der Waals surface area contributed by atoms with Crippen molar-refractivity contribution in [2.45, 2.75) is 19.9 Å². The zero-order chi connectivity index (χ0) is 15.8. The smallest absolute Gasteiger partial charge is 0.122 e. The highest BCUT2D eigenvalue weighted by Crippen LogP contribution is 2.22. The van der Waals surface area contributed by atoms with Crippen molar-refractivity contribution in [3.63, 3.8) is 0 Å². The van der Waals surface area contributed by atoms with Gasteiger partial charge in [-0.05, 0) is 36.6 Å². The molecule has 1 unspecified atom stereocenters. The maximum absolute atomic E-state index is 6.06. The summed E-state index contributed by atoms with van der Waals surface area (Å²) in [4.78, 5) is 0. The van der Waals surface area contributed by atoms with Crippen LogP contribution in [0.5, 0.6) is 5.75 Å². The lowest BCUT2D eigenvalue weighted by Crippen LogP contribution is -2.29. The van der Waals surface area contributed by atoms with Gasteiger partial charge in [-0.2, -0.15) is 0 Å². The van der Waals surface area contributed by atoms with Gasteiger partial charge in [0.05, 0.1) is 12.6 Å². The molecule has 2 aromatic rings. The van der Waals surface area contributed by atoms with E-state index in [-0.39, 0.29) is 18.4 Å². The fraction of sp³-hybridized carbons (Fsp3) is 0.368. The molecule has 1 N–H and O–H groups in total. The fourth-order valence-electron chi connectivity index (χ4n) is 2.35. The molecular weight excluding hydrogens is 310 g/mol. The van der Waals surface area contributed by atoms with Crippen molar-refractivity contribution in [3.8, 4) is 5.75 Å². The molecular formula is C19H26ClNO2. The molecule has 0 saturated heterocycles. The van der Waals surface area contributed by atoms with E-state index in [0.717, 1.165) is 12.3 Å². The summed E-state index contributed by atoms with van der Waals surface area (Å²) in [5.41, 5.74) is 3.68. The number of hydrogen-bond donors (Lipinski definition) is 1. The van der Waals surface area contributed by atoms with Crippen molar-refractivity contribution in [2.75, 3.05) is 26.9 Å². The molecule has 0 aliphatic carbocycles. The van der Waals surface area contributed by atoms with Gasteiger partial charge in [-0.3, -0.25) is 0 Å². The highest BCUT2D eigenvalue weighted by atomic mass is 35.5. The second-order valence-corrected chi connectivity index (χ2v) is 5.42. The Kier molecular flexibility index (Phi) is 8.70. The number of aryl methyl sites for hydroxylation is 1. The number of hydrogen-bond acceptors (Lipinski definition) is 3. The second-order valence-electron chi connectivity index (χ2n) is 5.42. The van der Waals surface area contributed by atoms with Crippen LogP contribution in [-0.4, -0.2) is 26.9 Å². The normalized spacial score (nSPS) is 11.6. The molecule has 4 heteroatoms. The maximum atomic E-state index is 6.06. The molecule has 126 valence electrons. The first-order valence-corrected chi connectivity index (χ1v) is 7.68. The molecule has 0 aliphatic rings. The molecule has 0 radical (unpaired) electrons. The molecule has 23 heavy (non-hydrogen) atoms. The standard InChI is InChI=1S/C19H25NO2.ClH/c1-15-8-7-11-19(16(15)2)22-14-18(20-12-13-21-3)17-9-5-4-6-10-17;/h4-11,18,20H,12-14H2,1-3H3;1H. The van der Waals surface area contributed by atoms with Crippen LogP contribution in [0.3, 0.4) is 0 Å². The van der Waals surface area contributed by atoms with E-state index >= 15 is 0 Å². The van der Waals surface area contributed by atoms with E-state index in [1.807, 2.05) is 18.2 Å². The molecule has 2 rings (SSSR count). The van der Waals surface area contributed by atoms with Gasteiger partial charge in [-0.1, -0.05) is 42.5 Å². The second kappa shape index (κ2) is 10.3. The van der Waals surface area contributed by atoms with Gasteiger partial charge >= 0.3 is 0 Å². The summed E-state index contributed by atoms with van der Waals surface area (Å²) in [5, 5.41) is 3.49. The lowest BCUT2D eigenvalue weighted by molar-refractivity contribution is 0.187. The van der Waals surface area contributed by atoms with Crippen LogP contribution in [0.25, 0.3) is 0 Å². The third-order valence-corrected chi connectivity index (χ3v) is 3.86. The summed E-state index contributed by atoms with van der Waals surface area (Å²) in [5.74, 6) is 0.953. The average molecular weight is 336 g/mol. The molecule has 1 atom stereocenters. The molecule has 0 amide bonds. The predicted octanol–water partition coefficient (Wildman–Crippen LogP) is 4.08. The average Bonchev–Trinajstić information content (AvgIpc) is 2.55. The maximum Gasteiger partial charge on any atom is 0.122 e. The minimum absolute atomic E-state index is 0. The van der Waals surface area contributed by atoms with Crippen LogP contribution in [0.4, 0.5) is 0 Å². The van der Waals surface area contributed by atoms with E-state index in [1.54, 1.807) is 7.11 Å². The van der Waals surface area contributed by atoms with Crippen LogP contribution in [0.15, 0.2) is 48.5 Å². The highest BCUT2D eigenvalue weighted by molar-refractivity contribution is 5.85. The largest absolute Gasteiger partial charge is 0.491 e. The topological polar surface area (TPSA) is 30.5 Å². The number of methoxy groups -OCH3 is 1. The van der Waals surface area contributed by atoms with Crippen molar-refractivity contribution < 1.29 is 9.47 Å². The van der Waals surface area contributed by atoms with Gasteiger partial charge in [0.15, 0.2) is 0 Å². The van der Waals surface area contributed by atoms with Crippen LogP contribution in [0, 0.1) is 13.8 Å². The molecule has 0 spiro atoms. The predicted molar refractivity (Wildman–Crippen MR) is 97.7 cm³/mol. The van der Waals surface area contributed by atoms with Crippen LogP contribution >= 0.6 is 12.4 Å². The first kappa shape index (κ1) is 19.5. The van der Waals surface area contributed by atoms with Gasteiger partial charge in [-0.15, -0.1) is 12.4 Å². The van der Waals surface area contributed by atoms with Gasteiger partial charge in [0.2, 0.25) is 0 Å². The van der Waals surface area contributed by atoms with Crippen LogP contribution < -0.4 is 10.1 Å². The molecule has 3 nitrogen and oxygen atoms in total. The monoisotopic (exact) mass is 335 g/mol. The quantitative estimate of drug-likeness (QED) is 0.737. The summed E-state index contributed by atoms with van der Waals surface area (Å²) >= 11 is 0. The number of rotatable bonds is 8. The molecule has 0 bridgehead atoms. The molecule has 0 heterocycles. The Hall–Kier alpha value is -1.55. The summed E-state index contributed by atoms with van der Waals surface area (Å²) in [7, 11) is 1.71. The Balaban J connectivity index is 0.00000264. The van der Waals surface area contributed by atoms with E-state index in [9.17, 15) is 0 Å². The van der Waals surface area contributed by atoms with Crippen LogP contribution in [-0.2, 0) is 4.74 Å². The van der Waals surface area contributed by atoms with Gasteiger partial charge in [0.1, 0.15) is 12.4 Å². The number of nitrogens with one attached hydrogen (secondary N) is 1. The third-order valence-electron chi connectivity index (χ3n) is 3.86. The SMILES string of the molecule is COCCNC(COc1cccc(C)c1C)c1ccccc1.Cl. The Morgan fingerprint density at radius 2 is 1.74 bits per heavy atom.